The van der Waals surface area contributed by atoms with E-state index in [9.17, 15) is 0 Å². The van der Waals surface area contributed by atoms with Crippen molar-refractivity contribution < 1.29 is 0 Å². The predicted molar refractivity (Wildman–Crippen MR) is 59.6 cm³/mol. The van der Waals surface area contributed by atoms with Crippen LogP contribution in [0.1, 0.15) is 24.2 Å². The van der Waals surface area contributed by atoms with Gasteiger partial charge in [-0.3, -0.25) is 10.1 Å². The number of aromatic nitrogens is 3. The highest BCUT2D eigenvalue weighted by molar-refractivity contribution is 5.44. The van der Waals surface area contributed by atoms with Crippen LogP contribution < -0.4 is 5.32 Å². The number of aromatic amines is 1. The first-order valence-corrected chi connectivity index (χ1v) is 4.93. The molecule has 2 heterocycles. The molecule has 0 fully saturated rings. The van der Waals surface area contributed by atoms with Crippen LogP contribution in [-0.4, -0.2) is 15.2 Å². The van der Waals surface area contributed by atoms with E-state index in [2.05, 4.69) is 33.5 Å². The highest BCUT2D eigenvalue weighted by atomic mass is 15.1. The highest BCUT2D eigenvalue weighted by Crippen LogP contribution is 2.16. The zero-order chi connectivity index (χ0) is 10.7. The third-order valence-electron chi connectivity index (χ3n) is 2.25. The van der Waals surface area contributed by atoms with E-state index in [1.54, 1.807) is 6.20 Å². The standard InChI is InChI=1S/C11H14N4/c1-8-5-10(7-12-6-8)14-9(2)11-3-4-13-15-11/h3-7,9,14H,1-2H3,(H,13,15). The van der Waals surface area contributed by atoms with E-state index in [-0.39, 0.29) is 6.04 Å². The molecule has 2 aromatic heterocycles. The van der Waals surface area contributed by atoms with Crippen LogP contribution >= 0.6 is 0 Å². The van der Waals surface area contributed by atoms with Crippen molar-refractivity contribution >= 4 is 5.69 Å². The van der Waals surface area contributed by atoms with Crippen LogP contribution in [0, 0.1) is 6.92 Å². The molecular weight excluding hydrogens is 188 g/mol. The molecule has 0 aliphatic heterocycles. The quantitative estimate of drug-likeness (QED) is 0.802. The molecule has 2 N–H and O–H groups in total. The molecule has 0 aliphatic carbocycles. The highest BCUT2D eigenvalue weighted by Gasteiger charge is 2.05. The van der Waals surface area contributed by atoms with Crippen LogP contribution in [0.15, 0.2) is 30.7 Å². The van der Waals surface area contributed by atoms with Gasteiger partial charge in [-0.25, -0.2) is 0 Å². The normalized spacial score (nSPS) is 12.4. The van der Waals surface area contributed by atoms with E-state index in [0.29, 0.717) is 0 Å². The Labute approximate surface area is 88.8 Å². The topological polar surface area (TPSA) is 53.6 Å². The molecule has 0 bridgehead atoms. The lowest BCUT2D eigenvalue weighted by atomic mass is 10.2. The van der Waals surface area contributed by atoms with Gasteiger partial charge in [0.15, 0.2) is 0 Å². The van der Waals surface area contributed by atoms with Gasteiger partial charge in [0.2, 0.25) is 0 Å². The molecular formula is C11H14N4. The number of rotatable bonds is 3. The molecule has 78 valence electrons. The van der Waals surface area contributed by atoms with Gasteiger partial charge in [0.25, 0.3) is 0 Å². The number of pyridine rings is 1. The van der Waals surface area contributed by atoms with Gasteiger partial charge in [0.05, 0.1) is 17.4 Å². The average Bonchev–Trinajstić information content (AvgIpc) is 2.70. The van der Waals surface area contributed by atoms with Crippen molar-refractivity contribution in [1.82, 2.24) is 15.2 Å². The molecule has 4 heteroatoms. The van der Waals surface area contributed by atoms with Gasteiger partial charge in [-0.15, -0.1) is 0 Å². The van der Waals surface area contributed by atoms with Crippen molar-refractivity contribution in [3.05, 3.63) is 42.0 Å². The SMILES string of the molecule is Cc1cncc(NC(C)c2ccn[nH]2)c1. The minimum atomic E-state index is 0.205. The summed E-state index contributed by atoms with van der Waals surface area (Å²) in [5.41, 5.74) is 3.24. The van der Waals surface area contributed by atoms with Crippen LogP contribution in [0.4, 0.5) is 5.69 Å². The maximum absolute atomic E-state index is 4.13. The summed E-state index contributed by atoms with van der Waals surface area (Å²) >= 11 is 0. The summed E-state index contributed by atoms with van der Waals surface area (Å²) in [5.74, 6) is 0. The Hall–Kier alpha value is -1.84. The first-order valence-electron chi connectivity index (χ1n) is 4.93. The number of anilines is 1. The molecule has 15 heavy (non-hydrogen) atoms. The molecule has 2 rings (SSSR count). The molecule has 1 atom stereocenters. The lowest BCUT2D eigenvalue weighted by molar-refractivity contribution is 0.824. The molecule has 0 saturated heterocycles. The number of nitrogens with zero attached hydrogens (tertiary/aromatic N) is 2. The predicted octanol–water partition coefficient (Wildman–Crippen LogP) is 2.29. The number of hydrogen-bond donors (Lipinski definition) is 2. The van der Waals surface area contributed by atoms with Gasteiger partial charge in [-0.1, -0.05) is 0 Å². The average molecular weight is 202 g/mol. The molecule has 0 amide bonds. The lowest BCUT2D eigenvalue weighted by Gasteiger charge is -2.13. The molecule has 0 saturated carbocycles. The Kier molecular flexibility index (Phi) is 2.67. The largest absolute Gasteiger partial charge is 0.376 e. The van der Waals surface area contributed by atoms with Crippen molar-refractivity contribution in [3.63, 3.8) is 0 Å². The summed E-state index contributed by atoms with van der Waals surface area (Å²) in [6.45, 7) is 4.11. The number of aryl methyl sites for hydroxylation is 1. The fraction of sp³-hybridized carbons (Fsp3) is 0.273. The lowest BCUT2D eigenvalue weighted by Crippen LogP contribution is -2.07. The molecule has 0 aromatic carbocycles. The Balaban J connectivity index is 2.09. The second-order valence-electron chi connectivity index (χ2n) is 3.63. The summed E-state index contributed by atoms with van der Waals surface area (Å²) in [6, 6.07) is 4.23. The van der Waals surface area contributed by atoms with Gasteiger partial charge < -0.3 is 5.32 Å². The number of H-pyrrole nitrogens is 1. The summed E-state index contributed by atoms with van der Waals surface area (Å²) in [6.07, 6.45) is 5.41. The molecule has 0 aliphatic rings. The minimum Gasteiger partial charge on any atom is -0.376 e. The summed E-state index contributed by atoms with van der Waals surface area (Å²) in [4.78, 5) is 4.13. The Morgan fingerprint density at radius 2 is 2.27 bits per heavy atom. The van der Waals surface area contributed by atoms with Crippen LogP contribution in [0.5, 0.6) is 0 Å². The summed E-state index contributed by atoms with van der Waals surface area (Å²) in [5, 5.41) is 10.2. The Bertz CT molecular complexity index is 422. The molecule has 4 nitrogen and oxygen atoms in total. The van der Waals surface area contributed by atoms with E-state index in [0.717, 1.165) is 16.9 Å². The third-order valence-corrected chi connectivity index (χ3v) is 2.25. The maximum atomic E-state index is 4.13. The van der Waals surface area contributed by atoms with Crippen molar-refractivity contribution in [1.29, 1.82) is 0 Å². The van der Waals surface area contributed by atoms with E-state index in [1.165, 1.54) is 0 Å². The monoisotopic (exact) mass is 202 g/mol. The fourth-order valence-corrected chi connectivity index (χ4v) is 1.47. The minimum absolute atomic E-state index is 0.205. The van der Waals surface area contributed by atoms with Crippen molar-refractivity contribution in [2.24, 2.45) is 0 Å². The fourth-order valence-electron chi connectivity index (χ4n) is 1.47. The van der Waals surface area contributed by atoms with Crippen LogP contribution in [0.3, 0.4) is 0 Å². The van der Waals surface area contributed by atoms with E-state index in [1.807, 2.05) is 25.4 Å². The van der Waals surface area contributed by atoms with Crippen LogP contribution in [0.2, 0.25) is 0 Å². The van der Waals surface area contributed by atoms with E-state index in [4.69, 9.17) is 0 Å². The smallest absolute Gasteiger partial charge is 0.0651 e. The first kappa shape index (κ1) is 9.71. The second kappa shape index (κ2) is 4.13. The van der Waals surface area contributed by atoms with Gasteiger partial charge >= 0.3 is 0 Å². The molecule has 0 radical (unpaired) electrons. The van der Waals surface area contributed by atoms with Gasteiger partial charge in [0, 0.05) is 18.6 Å². The van der Waals surface area contributed by atoms with Crippen molar-refractivity contribution in [2.75, 3.05) is 5.32 Å². The number of nitrogens with one attached hydrogen (secondary N) is 2. The van der Waals surface area contributed by atoms with Crippen LogP contribution in [0.25, 0.3) is 0 Å². The van der Waals surface area contributed by atoms with Gasteiger partial charge in [-0.2, -0.15) is 5.10 Å². The van der Waals surface area contributed by atoms with Gasteiger partial charge in [-0.05, 0) is 31.5 Å². The van der Waals surface area contributed by atoms with E-state index >= 15 is 0 Å². The summed E-state index contributed by atoms with van der Waals surface area (Å²) in [7, 11) is 0. The molecule has 2 aromatic rings. The molecule has 1 unspecified atom stereocenters. The summed E-state index contributed by atoms with van der Waals surface area (Å²) < 4.78 is 0. The second-order valence-corrected chi connectivity index (χ2v) is 3.63. The van der Waals surface area contributed by atoms with Gasteiger partial charge in [0.1, 0.15) is 0 Å². The van der Waals surface area contributed by atoms with Crippen molar-refractivity contribution in [3.8, 4) is 0 Å². The number of hydrogen-bond acceptors (Lipinski definition) is 3. The van der Waals surface area contributed by atoms with Crippen LogP contribution in [-0.2, 0) is 0 Å². The maximum Gasteiger partial charge on any atom is 0.0651 e. The zero-order valence-corrected chi connectivity index (χ0v) is 8.86. The Morgan fingerprint density at radius 1 is 1.40 bits per heavy atom. The zero-order valence-electron chi connectivity index (χ0n) is 8.86. The third kappa shape index (κ3) is 2.34. The first-order chi connectivity index (χ1) is 7.25. The molecule has 0 spiro atoms. The van der Waals surface area contributed by atoms with E-state index < -0.39 is 0 Å². The Morgan fingerprint density at radius 3 is 2.93 bits per heavy atom. The van der Waals surface area contributed by atoms with Crippen molar-refractivity contribution in [2.45, 2.75) is 19.9 Å².